The third-order valence-corrected chi connectivity index (χ3v) is 4.27. The number of halogens is 1. The molecule has 0 saturated heterocycles. The molecule has 0 amide bonds. The molecule has 0 atom stereocenters. The van der Waals surface area contributed by atoms with E-state index in [4.69, 9.17) is 9.47 Å². The van der Waals surface area contributed by atoms with Crippen LogP contribution in [0.2, 0.25) is 0 Å². The molecule has 0 aliphatic carbocycles. The molecule has 1 aliphatic heterocycles. The lowest BCUT2D eigenvalue weighted by Gasteiger charge is -2.13. The molecule has 1 aromatic heterocycles. The monoisotopic (exact) mass is 500 g/mol. The summed E-state index contributed by atoms with van der Waals surface area (Å²) in [6.07, 6.45) is 3.00. The first-order valence-electron chi connectivity index (χ1n) is 9.48. The van der Waals surface area contributed by atoms with Crippen LogP contribution < -0.4 is 15.4 Å². The van der Waals surface area contributed by atoms with Crippen LogP contribution in [0.1, 0.15) is 31.4 Å². The second-order valence-corrected chi connectivity index (χ2v) is 6.33. The lowest BCUT2D eigenvalue weighted by atomic mass is 10.3. The van der Waals surface area contributed by atoms with Gasteiger partial charge in [0.15, 0.2) is 11.8 Å². The number of aryl methyl sites for hydroxylation is 1. The van der Waals surface area contributed by atoms with Crippen molar-refractivity contribution in [3.05, 3.63) is 35.9 Å². The lowest BCUT2D eigenvalue weighted by Crippen LogP contribution is -2.30. The smallest absolute Gasteiger partial charge is 0.196 e. The first-order valence-corrected chi connectivity index (χ1v) is 9.48. The number of fused-ring (bicyclic) bond motifs is 1. The van der Waals surface area contributed by atoms with E-state index in [-0.39, 0.29) is 24.0 Å². The summed E-state index contributed by atoms with van der Waals surface area (Å²) in [5, 5.41) is 15.1. The Morgan fingerprint density at radius 2 is 2.18 bits per heavy atom. The second kappa shape index (κ2) is 11.8. The van der Waals surface area contributed by atoms with Crippen molar-refractivity contribution >= 4 is 35.6 Å². The predicted molar refractivity (Wildman–Crippen MR) is 121 cm³/mol. The quantitative estimate of drug-likeness (QED) is 0.239. The van der Waals surface area contributed by atoms with E-state index in [1.54, 1.807) is 7.11 Å². The first-order chi connectivity index (χ1) is 13.3. The van der Waals surface area contributed by atoms with Crippen LogP contribution in [0.15, 0.2) is 29.3 Å². The zero-order valence-corrected chi connectivity index (χ0v) is 18.8. The zero-order valence-electron chi connectivity index (χ0n) is 16.5. The molecule has 9 heteroatoms. The highest BCUT2D eigenvalue weighted by molar-refractivity contribution is 14.0. The SMILES string of the molecule is CCNC(=NCc1nnc2n1CCC2)Nc1cccc(OCCCOC)c1.I. The van der Waals surface area contributed by atoms with Gasteiger partial charge >= 0.3 is 0 Å². The first kappa shape index (κ1) is 22.4. The maximum absolute atomic E-state index is 5.76. The highest BCUT2D eigenvalue weighted by atomic mass is 127. The van der Waals surface area contributed by atoms with E-state index in [0.717, 1.165) is 55.4 Å². The van der Waals surface area contributed by atoms with Gasteiger partial charge < -0.3 is 24.7 Å². The highest BCUT2D eigenvalue weighted by Gasteiger charge is 2.16. The van der Waals surface area contributed by atoms with Crippen LogP contribution in [-0.4, -0.2) is 47.6 Å². The van der Waals surface area contributed by atoms with E-state index < -0.39 is 0 Å². The van der Waals surface area contributed by atoms with Crippen LogP contribution in [0.4, 0.5) is 5.69 Å². The van der Waals surface area contributed by atoms with Crippen LogP contribution in [-0.2, 0) is 24.2 Å². The Morgan fingerprint density at radius 1 is 1.29 bits per heavy atom. The van der Waals surface area contributed by atoms with Gasteiger partial charge in [-0.3, -0.25) is 0 Å². The summed E-state index contributed by atoms with van der Waals surface area (Å²) < 4.78 is 13.0. The number of methoxy groups -OCH3 is 1. The molecule has 2 aromatic rings. The van der Waals surface area contributed by atoms with Gasteiger partial charge in [0.1, 0.15) is 18.1 Å². The number of benzene rings is 1. The number of hydrogen-bond donors (Lipinski definition) is 2. The fourth-order valence-corrected chi connectivity index (χ4v) is 2.98. The lowest BCUT2D eigenvalue weighted by molar-refractivity contribution is 0.172. The molecule has 8 nitrogen and oxygen atoms in total. The van der Waals surface area contributed by atoms with Gasteiger partial charge in [0.05, 0.1) is 6.61 Å². The summed E-state index contributed by atoms with van der Waals surface area (Å²) in [5.74, 6) is 3.51. The van der Waals surface area contributed by atoms with Crippen molar-refractivity contribution in [2.24, 2.45) is 4.99 Å². The molecule has 1 aromatic carbocycles. The molecule has 2 N–H and O–H groups in total. The Labute approximate surface area is 183 Å². The molecule has 0 fully saturated rings. The fraction of sp³-hybridized carbons (Fsp3) is 0.526. The Morgan fingerprint density at radius 3 is 3.00 bits per heavy atom. The van der Waals surface area contributed by atoms with E-state index in [9.17, 15) is 0 Å². The number of guanidine groups is 1. The van der Waals surface area contributed by atoms with Gasteiger partial charge in [0, 0.05) is 51.4 Å². The number of aromatic nitrogens is 3. The third kappa shape index (κ3) is 6.33. The second-order valence-electron chi connectivity index (χ2n) is 6.33. The largest absolute Gasteiger partial charge is 0.493 e. The Hall–Kier alpha value is -1.88. The van der Waals surface area contributed by atoms with Gasteiger partial charge in [-0.15, -0.1) is 34.2 Å². The summed E-state index contributed by atoms with van der Waals surface area (Å²) in [6, 6.07) is 7.86. The molecule has 2 heterocycles. The molecule has 0 radical (unpaired) electrons. The average Bonchev–Trinajstić information content (AvgIpc) is 3.28. The number of nitrogens with zero attached hydrogens (tertiary/aromatic N) is 4. The van der Waals surface area contributed by atoms with Crippen molar-refractivity contribution in [3.63, 3.8) is 0 Å². The molecule has 0 unspecified atom stereocenters. The topological polar surface area (TPSA) is 85.6 Å². The van der Waals surface area contributed by atoms with Gasteiger partial charge in [-0.2, -0.15) is 0 Å². The van der Waals surface area contributed by atoms with Crippen LogP contribution in [0.3, 0.4) is 0 Å². The van der Waals surface area contributed by atoms with E-state index in [1.807, 2.05) is 31.2 Å². The number of rotatable bonds is 9. The summed E-state index contributed by atoms with van der Waals surface area (Å²) >= 11 is 0. The Balaban J connectivity index is 0.00000280. The number of anilines is 1. The average molecular weight is 500 g/mol. The van der Waals surface area contributed by atoms with Gasteiger partial charge in [0.2, 0.25) is 0 Å². The minimum Gasteiger partial charge on any atom is -0.493 e. The number of ether oxygens (including phenoxy) is 2. The molecular weight excluding hydrogens is 471 g/mol. The number of nitrogens with one attached hydrogen (secondary N) is 2. The Kier molecular flexibility index (Phi) is 9.48. The maximum atomic E-state index is 5.76. The number of aliphatic imine (C=N–C) groups is 1. The molecule has 1 aliphatic rings. The minimum atomic E-state index is 0. The summed E-state index contributed by atoms with van der Waals surface area (Å²) in [6.45, 7) is 5.62. The van der Waals surface area contributed by atoms with Crippen molar-refractivity contribution in [2.75, 3.05) is 32.2 Å². The summed E-state index contributed by atoms with van der Waals surface area (Å²) in [4.78, 5) is 4.66. The van der Waals surface area contributed by atoms with Crippen LogP contribution >= 0.6 is 24.0 Å². The number of hydrogen-bond acceptors (Lipinski definition) is 5. The molecular formula is C19H29IN6O2. The van der Waals surface area contributed by atoms with Crippen molar-refractivity contribution in [1.29, 1.82) is 0 Å². The minimum absolute atomic E-state index is 0. The van der Waals surface area contributed by atoms with Gasteiger partial charge in [-0.05, 0) is 25.5 Å². The van der Waals surface area contributed by atoms with E-state index >= 15 is 0 Å². The molecule has 3 rings (SSSR count). The standard InChI is InChI=1S/C19H28N6O2.HI/c1-3-20-19(21-14-18-24-23-17-9-5-10-25(17)18)22-15-7-4-8-16(13-15)27-12-6-11-26-2;/h4,7-8,13H,3,5-6,9-12,14H2,1-2H3,(H2,20,21,22);1H. The van der Waals surface area contributed by atoms with E-state index in [2.05, 4.69) is 30.4 Å². The van der Waals surface area contributed by atoms with Gasteiger partial charge in [0.25, 0.3) is 0 Å². The predicted octanol–water partition coefficient (Wildman–Crippen LogP) is 2.84. The van der Waals surface area contributed by atoms with Crippen molar-refractivity contribution in [2.45, 2.75) is 39.3 Å². The molecule has 0 spiro atoms. The zero-order chi connectivity index (χ0) is 18.9. The molecule has 28 heavy (non-hydrogen) atoms. The summed E-state index contributed by atoms with van der Waals surface area (Å²) in [5.41, 5.74) is 0.922. The fourth-order valence-electron chi connectivity index (χ4n) is 2.98. The van der Waals surface area contributed by atoms with E-state index in [0.29, 0.717) is 25.7 Å². The normalized spacial score (nSPS) is 13.0. The van der Waals surface area contributed by atoms with Crippen molar-refractivity contribution in [3.8, 4) is 5.75 Å². The maximum Gasteiger partial charge on any atom is 0.196 e. The van der Waals surface area contributed by atoms with Crippen LogP contribution in [0.5, 0.6) is 5.75 Å². The van der Waals surface area contributed by atoms with Crippen LogP contribution in [0.25, 0.3) is 0 Å². The highest BCUT2D eigenvalue weighted by Crippen LogP contribution is 2.18. The van der Waals surface area contributed by atoms with Crippen molar-refractivity contribution in [1.82, 2.24) is 20.1 Å². The van der Waals surface area contributed by atoms with E-state index in [1.165, 1.54) is 0 Å². The van der Waals surface area contributed by atoms with Gasteiger partial charge in [-0.1, -0.05) is 6.07 Å². The molecule has 0 saturated carbocycles. The Bertz CT molecular complexity index is 765. The van der Waals surface area contributed by atoms with Crippen LogP contribution in [0, 0.1) is 0 Å². The third-order valence-electron chi connectivity index (χ3n) is 4.27. The van der Waals surface area contributed by atoms with Crippen molar-refractivity contribution < 1.29 is 9.47 Å². The summed E-state index contributed by atoms with van der Waals surface area (Å²) in [7, 11) is 1.69. The molecule has 0 bridgehead atoms. The molecule has 154 valence electrons. The van der Waals surface area contributed by atoms with Gasteiger partial charge in [-0.25, -0.2) is 4.99 Å².